The molecule has 33 heavy (non-hydrogen) atoms. The molecule has 0 aliphatic carbocycles. The molecule has 2 N–H and O–H groups in total. The number of nitrogens with zero attached hydrogens (tertiary/aromatic N) is 2. The fourth-order valence-corrected chi connectivity index (χ4v) is 4.69. The molecule has 1 aromatic heterocycles. The summed E-state index contributed by atoms with van der Waals surface area (Å²) in [5.41, 5.74) is 1.79. The van der Waals surface area contributed by atoms with Crippen molar-refractivity contribution in [3.8, 4) is 0 Å². The lowest BCUT2D eigenvalue weighted by molar-refractivity contribution is 0.0751. The minimum absolute atomic E-state index is 0.0616. The van der Waals surface area contributed by atoms with E-state index in [0.717, 1.165) is 10.6 Å². The zero-order valence-electron chi connectivity index (χ0n) is 17.4. The third kappa shape index (κ3) is 5.68. The molecule has 0 unspecified atom stereocenters. The summed E-state index contributed by atoms with van der Waals surface area (Å²) < 4.78 is 13.0. The molecule has 1 fully saturated rings. The van der Waals surface area contributed by atoms with Gasteiger partial charge in [-0.1, -0.05) is 17.7 Å². The van der Waals surface area contributed by atoms with Gasteiger partial charge in [0, 0.05) is 37.4 Å². The van der Waals surface area contributed by atoms with Crippen LogP contribution in [0.15, 0.2) is 60.0 Å². The molecule has 10 heteroatoms. The quantitative estimate of drug-likeness (QED) is 0.509. The van der Waals surface area contributed by atoms with Gasteiger partial charge in [-0.3, -0.25) is 14.9 Å². The van der Waals surface area contributed by atoms with Crippen LogP contribution >= 0.6 is 35.2 Å². The number of rotatable bonds is 4. The van der Waals surface area contributed by atoms with Crippen molar-refractivity contribution in [3.05, 3.63) is 81.3 Å². The molecule has 2 heterocycles. The first-order chi connectivity index (χ1) is 15.9. The predicted octanol–water partition coefficient (Wildman–Crippen LogP) is 4.63. The number of benzene rings is 2. The highest BCUT2D eigenvalue weighted by atomic mass is 35.5. The highest BCUT2D eigenvalue weighted by molar-refractivity contribution is 7.80. The number of amides is 2. The lowest BCUT2D eigenvalue weighted by Gasteiger charge is -2.36. The molecule has 1 saturated heterocycles. The van der Waals surface area contributed by atoms with Crippen LogP contribution in [0, 0.1) is 5.82 Å². The maximum absolute atomic E-state index is 13.0. The molecular formula is C23H20ClFN4O2S2. The average molecular weight is 503 g/mol. The van der Waals surface area contributed by atoms with Crippen molar-refractivity contribution in [2.45, 2.75) is 0 Å². The summed E-state index contributed by atoms with van der Waals surface area (Å²) in [6.45, 7) is 2.59. The zero-order valence-corrected chi connectivity index (χ0v) is 19.8. The summed E-state index contributed by atoms with van der Waals surface area (Å²) in [5, 5.41) is 8.03. The molecule has 0 spiro atoms. The number of halogens is 2. The first-order valence-electron chi connectivity index (χ1n) is 10.2. The number of anilines is 2. The maximum Gasteiger partial charge on any atom is 0.264 e. The monoisotopic (exact) mass is 502 g/mol. The van der Waals surface area contributed by atoms with E-state index in [4.69, 9.17) is 23.8 Å². The van der Waals surface area contributed by atoms with Gasteiger partial charge in [-0.15, -0.1) is 11.3 Å². The van der Waals surface area contributed by atoms with Crippen LogP contribution in [0.1, 0.15) is 20.0 Å². The Labute approximate surface area is 205 Å². The van der Waals surface area contributed by atoms with Crippen molar-refractivity contribution < 1.29 is 14.0 Å². The van der Waals surface area contributed by atoms with Gasteiger partial charge < -0.3 is 15.1 Å². The van der Waals surface area contributed by atoms with Crippen LogP contribution in [0.25, 0.3) is 0 Å². The summed E-state index contributed by atoms with van der Waals surface area (Å²) in [4.78, 5) is 29.5. The van der Waals surface area contributed by atoms with E-state index in [2.05, 4.69) is 15.5 Å². The fourth-order valence-electron chi connectivity index (χ4n) is 3.49. The zero-order chi connectivity index (χ0) is 23.4. The minimum atomic E-state index is -0.440. The summed E-state index contributed by atoms with van der Waals surface area (Å²) >= 11 is 13.2. The third-order valence-electron chi connectivity index (χ3n) is 5.18. The number of nitrogens with one attached hydrogen (secondary N) is 2. The summed E-state index contributed by atoms with van der Waals surface area (Å²) in [7, 11) is 0. The van der Waals surface area contributed by atoms with Crippen LogP contribution in [0.2, 0.25) is 5.02 Å². The van der Waals surface area contributed by atoms with E-state index in [-0.39, 0.29) is 11.0 Å². The molecule has 0 saturated carbocycles. The molecule has 0 bridgehead atoms. The molecule has 170 valence electrons. The molecule has 3 aromatic rings. The SMILES string of the molecule is O=C(NC(=S)Nc1ccc(N2CCN(C(=O)c3cccs3)CC2)c(Cl)c1)c1ccc(F)cc1. The Morgan fingerprint density at radius 1 is 1.03 bits per heavy atom. The molecular weight excluding hydrogens is 483 g/mol. The molecule has 4 rings (SSSR count). The lowest BCUT2D eigenvalue weighted by atomic mass is 10.2. The first-order valence-corrected chi connectivity index (χ1v) is 11.8. The average Bonchev–Trinajstić information content (AvgIpc) is 3.34. The van der Waals surface area contributed by atoms with Crippen LogP contribution in [-0.4, -0.2) is 48.0 Å². The Bertz CT molecular complexity index is 1160. The van der Waals surface area contributed by atoms with Gasteiger partial charge in [-0.25, -0.2) is 4.39 Å². The van der Waals surface area contributed by atoms with E-state index >= 15 is 0 Å². The fraction of sp³-hybridized carbons (Fsp3) is 0.174. The van der Waals surface area contributed by atoms with Crippen LogP contribution < -0.4 is 15.5 Å². The molecule has 1 aliphatic rings. The number of hydrogen-bond donors (Lipinski definition) is 2. The van der Waals surface area contributed by atoms with Crippen molar-refractivity contribution >= 4 is 63.5 Å². The van der Waals surface area contributed by atoms with Gasteiger partial charge in [-0.05, 0) is 66.1 Å². The maximum atomic E-state index is 13.0. The van der Waals surface area contributed by atoms with Crippen LogP contribution in [-0.2, 0) is 0 Å². The number of thiocarbonyl (C=S) groups is 1. The van der Waals surface area contributed by atoms with Gasteiger partial charge in [0.1, 0.15) is 5.82 Å². The smallest absolute Gasteiger partial charge is 0.264 e. The molecule has 2 aromatic carbocycles. The van der Waals surface area contributed by atoms with Crippen molar-refractivity contribution in [1.29, 1.82) is 0 Å². The first kappa shape index (κ1) is 23.2. The van der Waals surface area contributed by atoms with E-state index < -0.39 is 11.7 Å². The van der Waals surface area contributed by atoms with Gasteiger partial charge in [-0.2, -0.15) is 0 Å². The van der Waals surface area contributed by atoms with Crippen LogP contribution in [0.4, 0.5) is 15.8 Å². The van der Waals surface area contributed by atoms with Crippen molar-refractivity contribution in [2.24, 2.45) is 0 Å². The Kier molecular flexibility index (Phi) is 7.22. The Morgan fingerprint density at radius 3 is 2.39 bits per heavy atom. The van der Waals surface area contributed by atoms with Gasteiger partial charge in [0.05, 0.1) is 15.6 Å². The predicted molar refractivity (Wildman–Crippen MR) is 134 cm³/mol. The molecule has 1 aliphatic heterocycles. The Balaban J connectivity index is 1.32. The second kappa shape index (κ2) is 10.3. The van der Waals surface area contributed by atoms with Gasteiger partial charge in [0.25, 0.3) is 11.8 Å². The number of carbonyl (C=O) groups excluding carboxylic acids is 2. The number of hydrogen-bond acceptors (Lipinski definition) is 5. The molecule has 6 nitrogen and oxygen atoms in total. The Morgan fingerprint density at radius 2 is 1.76 bits per heavy atom. The molecule has 2 amide bonds. The van der Waals surface area contributed by atoms with Gasteiger partial charge in [0.2, 0.25) is 0 Å². The largest absolute Gasteiger partial charge is 0.367 e. The van der Waals surface area contributed by atoms with Crippen molar-refractivity contribution in [1.82, 2.24) is 10.2 Å². The van der Waals surface area contributed by atoms with E-state index in [1.54, 1.807) is 6.07 Å². The summed E-state index contributed by atoms with van der Waals surface area (Å²) in [6, 6.07) is 14.3. The second-order valence-electron chi connectivity index (χ2n) is 7.34. The number of piperazine rings is 1. The van der Waals surface area contributed by atoms with Gasteiger partial charge in [0.15, 0.2) is 5.11 Å². The normalized spacial score (nSPS) is 13.5. The van der Waals surface area contributed by atoms with Crippen LogP contribution in [0.3, 0.4) is 0 Å². The molecule has 0 radical (unpaired) electrons. The van der Waals surface area contributed by atoms with Crippen LogP contribution in [0.5, 0.6) is 0 Å². The highest BCUT2D eigenvalue weighted by Crippen LogP contribution is 2.30. The summed E-state index contributed by atoms with van der Waals surface area (Å²) in [5.74, 6) is -0.797. The van der Waals surface area contributed by atoms with E-state index in [9.17, 15) is 14.0 Å². The van der Waals surface area contributed by atoms with Gasteiger partial charge >= 0.3 is 0 Å². The topological polar surface area (TPSA) is 64.7 Å². The van der Waals surface area contributed by atoms with E-state index in [0.29, 0.717) is 42.5 Å². The molecule has 0 atom stereocenters. The summed E-state index contributed by atoms with van der Waals surface area (Å²) in [6.07, 6.45) is 0. The lowest BCUT2D eigenvalue weighted by Crippen LogP contribution is -2.48. The standard InChI is InChI=1S/C23H20ClFN4O2S2/c24-18-14-17(26-23(32)27-21(30)15-3-5-16(25)6-4-15)7-8-19(18)28-9-11-29(12-10-28)22(31)20-2-1-13-33-20/h1-8,13-14H,9-12H2,(H2,26,27,30,32). The highest BCUT2D eigenvalue weighted by Gasteiger charge is 2.24. The third-order valence-corrected chi connectivity index (χ3v) is 6.54. The number of thiophene rings is 1. The minimum Gasteiger partial charge on any atom is -0.367 e. The Hall–Kier alpha value is -3.01. The van der Waals surface area contributed by atoms with E-state index in [1.165, 1.54) is 35.6 Å². The van der Waals surface area contributed by atoms with E-state index in [1.807, 2.05) is 34.5 Å². The second-order valence-corrected chi connectivity index (χ2v) is 9.10. The number of carbonyl (C=O) groups is 2. The van der Waals surface area contributed by atoms with Crippen molar-refractivity contribution in [3.63, 3.8) is 0 Å². The van der Waals surface area contributed by atoms with Crippen molar-refractivity contribution in [2.75, 3.05) is 36.4 Å².